The first-order chi connectivity index (χ1) is 21.3. The number of nitrogens with one attached hydrogen (secondary N) is 2. The first-order valence-electron chi connectivity index (χ1n) is 13.5. The fourth-order valence-electron chi connectivity index (χ4n) is 4.22. The molecule has 0 atom stereocenters. The van der Waals surface area contributed by atoms with Gasteiger partial charge in [0.1, 0.15) is 5.82 Å². The van der Waals surface area contributed by atoms with Gasteiger partial charge in [0.2, 0.25) is 15.9 Å². The molecule has 0 bridgehead atoms. The molecule has 2 amide bonds. The second-order valence-electron chi connectivity index (χ2n) is 9.40. The molecule has 16 heteroatoms. The third-order valence-electron chi connectivity index (χ3n) is 6.48. The molecule has 0 radical (unpaired) electrons. The summed E-state index contributed by atoms with van der Waals surface area (Å²) in [4.78, 5) is 25.4. The molecule has 0 aliphatic carbocycles. The van der Waals surface area contributed by atoms with Gasteiger partial charge in [-0.2, -0.15) is 17.5 Å². The van der Waals surface area contributed by atoms with Crippen LogP contribution < -0.4 is 10.6 Å². The number of para-hydroxylation sites is 1. The second-order valence-corrected chi connectivity index (χ2v) is 12.3. The average molecular weight is 665 g/mol. The number of hydrogen-bond acceptors (Lipinski definition) is 7. The van der Waals surface area contributed by atoms with Crippen LogP contribution in [0.1, 0.15) is 35.6 Å². The van der Waals surface area contributed by atoms with Gasteiger partial charge in [-0.25, -0.2) is 12.8 Å². The molecule has 3 aromatic carbocycles. The monoisotopic (exact) mass is 664 g/mol. The highest BCUT2D eigenvalue weighted by Crippen LogP contribution is 2.32. The van der Waals surface area contributed by atoms with E-state index in [9.17, 15) is 35.6 Å². The van der Waals surface area contributed by atoms with Crippen molar-refractivity contribution in [3.63, 3.8) is 0 Å². The minimum Gasteiger partial charge on any atom is -0.345 e. The lowest BCUT2D eigenvalue weighted by atomic mass is 10.2. The molecule has 4 rings (SSSR count). The normalized spacial score (nSPS) is 11.9. The zero-order valence-corrected chi connectivity index (χ0v) is 25.6. The van der Waals surface area contributed by atoms with Crippen LogP contribution >= 0.6 is 11.8 Å². The van der Waals surface area contributed by atoms with Gasteiger partial charge in [-0.3, -0.25) is 14.2 Å². The van der Waals surface area contributed by atoms with Crippen molar-refractivity contribution < 1.29 is 35.6 Å². The Hall–Kier alpha value is -4.28. The Morgan fingerprint density at radius 1 is 0.956 bits per heavy atom. The molecule has 0 fully saturated rings. The lowest BCUT2D eigenvalue weighted by Crippen LogP contribution is -2.30. The molecule has 10 nitrogen and oxygen atoms in total. The number of rotatable bonds is 12. The summed E-state index contributed by atoms with van der Waals surface area (Å²) in [6.45, 7) is 3.72. The summed E-state index contributed by atoms with van der Waals surface area (Å²) >= 11 is 0.850. The van der Waals surface area contributed by atoms with Crippen molar-refractivity contribution in [2.45, 2.75) is 36.6 Å². The van der Waals surface area contributed by atoms with Gasteiger partial charge in [0.25, 0.3) is 5.91 Å². The van der Waals surface area contributed by atoms with Crippen LogP contribution in [0.2, 0.25) is 0 Å². The number of anilines is 1. The molecule has 1 aromatic heterocycles. The number of benzene rings is 3. The van der Waals surface area contributed by atoms with E-state index in [0.29, 0.717) is 0 Å². The van der Waals surface area contributed by atoms with Gasteiger partial charge in [-0.05, 0) is 54.6 Å². The Morgan fingerprint density at radius 2 is 1.64 bits per heavy atom. The van der Waals surface area contributed by atoms with E-state index in [1.165, 1.54) is 63.5 Å². The van der Waals surface area contributed by atoms with Crippen LogP contribution in [0.4, 0.5) is 23.2 Å². The smallest absolute Gasteiger partial charge is 0.345 e. The van der Waals surface area contributed by atoms with Crippen molar-refractivity contribution in [2.24, 2.45) is 0 Å². The maximum Gasteiger partial charge on any atom is 0.416 e. The SMILES string of the molecule is CCN(CC)S(=O)(=O)c1ccc(C(=O)NCc2nnc(SCC(=O)Nc3ccccc3F)n2-c2cccc(C(F)(F)F)c2)cc1. The Bertz CT molecular complexity index is 1780. The summed E-state index contributed by atoms with van der Waals surface area (Å²) in [5, 5.41) is 13.1. The molecule has 0 unspecified atom stereocenters. The lowest BCUT2D eigenvalue weighted by Gasteiger charge is -2.18. The number of thioether (sulfide) groups is 1. The summed E-state index contributed by atoms with van der Waals surface area (Å²) in [5.41, 5.74) is -0.804. The molecule has 1 heterocycles. The van der Waals surface area contributed by atoms with Crippen molar-refractivity contribution >= 4 is 39.3 Å². The van der Waals surface area contributed by atoms with Crippen LogP contribution in [0.25, 0.3) is 5.69 Å². The molecule has 4 aromatic rings. The van der Waals surface area contributed by atoms with Crippen molar-refractivity contribution in [3.05, 3.63) is 95.6 Å². The number of hydrogen-bond donors (Lipinski definition) is 2. The van der Waals surface area contributed by atoms with Crippen molar-refractivity contribution in [1.29, 1.82) is 0 Å². The summed E-state index contributed by atoms with van der Waals surface area (Å²) in [7, 11) is -3.73. The quantitative estimate of drug-likeness (QED) is 0.159. The average Bonchev–Trinajstić information content (AvgIpc) is 3.43. The van der Waals surface area contributed by atoms with Gasteiger partial charge in [-0.1, -0.05) is 43.8 Å². The van der Waals surface area contributed by atoms with E-state index >= 15 is 0 Å². The molecule has 2 N–H and O–H groups in total. The summed E-state index contributed by atoms with van der Waals surface area (Å²) < 4.78 is 82.5. The van der Waals surface area contributed by atoms with Crippen LogP contribution in [0.5, 0.6) is 0 Å². The Kier molecular flexibility index (Phi) is 10.6. The zero-order valence-electron chi connectivity index (χ0n) is 24.0. The standard InChI is InChI=1S/C29H28F4N6O4S2/c1-3-38(4-2)45(42,43)22-14-12-19(13-15-22)27(41)34-17-25-36-37-28(39(25)21-9-7-8-20(16-21)29(31,32)33)44-18-26(40)35-24-11-6-5-10-23(24)30/h5-16H,3-4,17-18H2,1-2H3,(H,34,41)(H,35,40). The van der Waals surface area contributed by atoms with Crippen LogP contribution in [-0.2, 0) is 27.5 Å². The molecule has 45 heavy (non-hydrogen) atoms. The predicted molar refractivity (Wildman–Crippen MR) is 160 cm³/mol. The van der Waals surface area contributed by atoms with Gasteiger partial charge in [0.15, 0.2) is 11.0 Å². The number of carbonyl (C=O) groups excluding carboxylic acids is 2. The van der Waals surface area contributed by atoms with Gasteiger partial charge in [0, 0.05) is 18.7 Å². The van der Waals surface area contributed by atoms with Gasteiger partial charge < -0.3 is 10.6 Å². The van der Waals surface area contributed by atoms with E-state index in [-0.39, 0.29) is 58.2 Å². The van der Waals surface area contributed by atoms with Crippen LogP contribution in [-0.4, -0.2) is 58.1 Å². The van der Waals surface area contributed by atoms with Crippen molar-refractivity contribution in [3.8, 4) is 5.69 Å². The van der Waals surface area contributed by atoms with Crippen LogP contribution in [0.15, 0.2) is 82.8 Å². The van der Waals surface area contributed by atoms with E-state index in [1.807, 2.05) is 0 Å². The summed E-state index contributed by atoms with van der Waals surface area (Å²) in [5.74, 6) is -2.05. The summed E-state index contributed by atoms with van der Waals surface area (Å²) in [6, 6.07) is 15.2. The van der Waals surface area contributed by atoms with Crippen molar-refractivity contribution in [1.82, 2.24) is 24.4 Å². The first kappa shape index (κ1) is 33.6. The molecule has 0 saturated heterocycles. The molecular formula is C29H28F4N6O4S2. The van der Waals surface area contributed by atoms with E-state index in [4.69, 9.17) is 0 Å². The first-order valence-corrected chi connectivity index (χ1v) is 15.9. The molecule has 0 aliphatic heterocycles. The second kappa shape index (κ2) is 14.2. The van der Waals surface area contributed by atoms with Crippen molar-refractivity contribution in [2.75, 3.05) is 24.2 Å². The fourth-order valence-corrected chi connectivity index (χ4v) is 6.45. The lowest BCUT2D eigenvalue weighted by molar-refractivity contribution is -0.137. The molecular weight excluding hydrogens is 636 g/mol. The highest BCUT2D eigenvalue weighted by molar-refractivity contribution is 7.99. The Balaban J connectivity index is 1.55. The zero-order chi connectivity index (χ0) is 32.8. The van der Waals surface area contributed by atoms with Gasteiger partial charge in [-0.15, -0.1) is 10.2 Å². The number of amides is 2. The third kappa shape index (κ3) is 8.06. The minimum atomic E-state index is -4.64. The van der Waals surface area contributed by atoms with E-state index in [0.717, 1.165) is 23.9 Å². The molecule has 238 valence electrons. The van der Waals surface area contributed by atoms with E-state index in [2.05, 4.69) is 20.8 Å². The summed E-state index contributed by atoms with van der Waals surface area (Å²) in [6.07, 6.45) is -4.64. The van der Waals surface area contributed by atoms with E-state index < -0.39 is 39.4 Å². The Morgan fingerprint density at radius 3 is 2.29 bits per heavy atom. The number of halogens is 4. The number of alkyl halides is 3. The molecule has 0 spiro atoms. The largest absolute Gasteiger partial charge is 0.416 e. The maximum atomic E-state index is 13.9. The Labute approximate surface area is 260 Å². The number of aromatic nitrogens is 3. The number of sulfonamides is 1. The van der Waals surface area contributed by atoms with E-state index in [1.54, 1.807) is 19.9 Å². The molecule has 0 aliphatic rings. The third-order valence-corrected chi connectivity index (χ3v) is 9.47. The molecule has 0 saturated carbocycles. The highest BCUT2D eigenvalue weighted by Gasteiger charge is 2.31. The number of carbonyl (C=O) groups is 2. The van der Waals surface area contributed by atoms with Gasteiger partial charge in [0.05, 0.1) is 34.1 Å². The number of nitrogens with zero attached hydrogens (tertiary/aromatic N) is 4. The highest BCUT2D eigenvalue weighted by atomic mass is 32.2. The van der Waals surface area contributed by atoms with Crippen LogP contribution in [0, 0.1) is 5.82 Å². The minimum absolute atomic E-state index is 0.0211. The fraction of sp³-hybridized carbons (Fsp3) is 0.241. The maximum absolute atomic E-state index is 13.9. The predicted octanol–water partition coefficient (Wildman–Crippen LogP) is 5.12. The van der Waals surface area contributed by atoms with Gasteiger partial charge >= 0.3 is 6.18 Å². The van der Waals surface area contributed by atoms with Crippen LogP contribution in [0.3, 0.4) is 0 Å². The topological polar surface area (TPSA) is 126 Å².